The van der Waals surface area contributed by atoms with Crippen molar-refractivity contribution in [3.05, 3.63) is 77.6 Å². The summed E-state index contributed by atoms with van der Waals surface area (Å²) >= 11 is 0.793. The Morgan fingerprint density at radius 2 is 1.27 bits per heavy atom. The van der Waals surface area contributed by atoms with Crippen molar-refractivity contribution in [1.82, 2.24) is 15.3 Å². The second-order valence-electron chi connectivity index (χ2n) is 9.07. The number of benzene rings is 1. The highest BCUT2D eigenvalue weighted by Crippen LogP contribution is 2.55. The minimum atomic E-state index is -4.79. The summed E-state index contributed by atoms with van der Waals surface area (Å²) in [6, 6.07) is 7.45. The lowest BCUT2D eigenvalue weighted by molar-refractivity contribution is -0.140. The van der Waals surface area contributed by atoms with Crippen molar-refractivity contribution in [2.24, 2.45) is 0 Å². The summed E-state index contributed by atoms with van der Waals surface area (Å²) in [6.07, 6.45) is -13.4. The topological polar surface area (TPSA) is 72.0 Å². The van der Waals surface area contributed by atoms with Gasteiger partial charge in [0.25, 0.3) is 0 Å². The van der Waals surface area contributed by atoms with E-state index >= 15 is 0 Å². The van der Waals surface area contributed by atoms with Gasteiger partial charge in [0.05, 0.1) is 16.7 Å². The van der Waals surface area contributed by atoms with E-state index in [1.165, 1.54) is 18.2 Å². The van der Waals surface area contributed by atoms with Crippen molar-refractivity contribution < 1.29 is 48.9 Å². The van der Waals surface area contributed by atoms with Gasteiger partial charge in [-0.15, -0.1) is 11.8 Å². The zero-order chi connectivity index (χ0) is 30.9. The number of halogens is 9. The maximum absolute atomic E-state index is 14.5. The van der Waals surface area contributed by atoms with Gasteiger partial charge in [-0.1, -0.05) is 12.1 Å². The van der Waals surface area contributed by atoms with E-state index in [1.807, 2.05) is 0 Å². The van der Waals surface area contributed by atoms with Crippen molar-refractivity contribution in [2.75, 3.05) is 12.3 Å². The predicted molar refractivity (Wildman–Crippen MR) is 135 cm³/mol. The van der Waals surface area contributed by atoms with Gasteiger partial charge in [0.15, 0.2) is 7.14 Å². The van der Waals surface area contributed by atoms with Crippen LogP contribution in [0.4, 0.5) is 39.5 Å². The first-order valence-electron chi connectivity index (χ1n) is 11.5. The summed E-state index contributed by atoms with van der Waals surface area (Å²) in [4.78, 5) is 20.5. The highest BCUT2D eigenvalue weighted by atomic mass is 32.2. The van der Waals surface area contributed by atoms with E-state index in [0.29, 0.717) is 24.5 Å². The number of carbonyl (C=O) groups is 1. The second-order valence-corrected chi connectivity index (χ2v) is 13.5. The van der Waals surface area contributed by atoms with Gasteiger partial charge in [0.1, 0.15) is 16.0 Å². The number of alkyl halides is 9. The third kappa shape index (κ3) is 7.06. The number of amides is 1. The van der Waals surface area contributed by atoms with E-state index < -0.39 is 64.3 Å². The van der Waals surface area contributed by atoms with E-state index in [0.717, 1.165) is 43.8 Å². The molecule has 0 aliphatic carbocycles. The molecule has 0 bridgehead atoms. The summed E-state index contributed by atoms with van der Waals surface area (Å²) < 4.78 is 133. The highest BCUT2D eigenvalue weighted by molar-refractivity contribution is 7.99. The van der Waals surface area contributed by atoms with Crippen molar-refractivity contribution in [3.63, 3.8) is 0 Å². The number of hydrogen-bond donors (Lipinski definition) is 1. The molecular weight excluding hydrogens is 608 g/mol. The van der Waals surface area contributed by atoms with Crippen molar-refractivity contribution in [2.45, 2.75) is 42.4 Å². The zero-order valence-corrected chi connectivity index (χ0v) is 22.9. The van der Waals surface area contributed by atoms with Gasteiger partial charge < -0.3 is 9.88 Å². The molecule has 3 aromatic rings. The van der Waals surface area contributed by atoms with Crippen molar-refractivity contribution in [1.29, 1.82) is 0 Å². The zero-order valence-electron chi connectivity index (χ0n) is 21.2. The number of nitrogens with one attached hydrogen (secondary N) is 1. The Kier molecular flexibility index (Phi) is 9.24. The van der Waals surface area contributed by atoms with Crippen LogP contribution in [0.15, 0.2) is 65.8 Å². The van der Waals surface area contributed by atoms with Crippen molar-refractivity contribution in [3.8, 4) is 0 Å². The summed E-state index contributed by atoms with van der Waals surface area (Å²) in [7, 11) is -4.49. The van der Waals surface area contributed by atoms with E-state index in [-0.39, 0.29) is 17.2 Å². The van der Waals surface area contributed by atoms with Crippen LogP contribution in [0.25, 0.3) is 0 Å². The molecule has 0 atom stereocenters. The number of thioether (sulfide) groups is 1. The van der Waals surface area contributed by atoms with Gasteiger partial charge in [0.2, 0.25) is 5.91 Å². The average Bonchev–Trinajstić information content (AvgIpc) is 2.89. The first kappa shape index (κ1) is 32.5. The Morgan fingerprint density at radius 1 is 0.780 bits per heavy atom. The number of nitrogens with zero attached hydrogens (tertiary/aromatic N) is 2. The molecule has 1 amide bonds. The van der Waals surface area contributed by atoms with E-state index in [2.05, 4.69) is 15.3 Å². The van der Waals surface area contributed by atoms with Crippen LogP contribution in [0.3, 0.4) is 0 Å². The van der Waals surface area contributed by atoms with Gasteiger partial charge in [-0.05, 0) is 50.2 Å². The van der Waals surface area contributed by atoms with Crippen molar-refractivity contribution >= 4 is 35.7 Å². The van der Waals surface area contributed by atoms with Crippen LogP contribution in [0.1, 0.15) is 30.5 Å². The monoisotopic (exact) mass is 629 g/mol. The van der Waals surface area contributed by atoms with E-state index in [4.69, 9.17) is 0 Å². The lowest BCUT2D eigenvalue weighted by Gasteiger charge is -2.32. The van der Waals surface area contributed by atoms with Crippen LogP contribution < -0.4 is 16.2 Å². The number of hydrogen-bond acceptors (Lipinski definition) is 5. The molecule has 0 aliphatic heterocycles. The normalized spacial score (nSPS) is 13.2. The molecule has 16 heteroatoms. The Balaban J connectivity index is 1.91. The maximum atomic E-state index is 14.5. The quantitative estimate of drug-likeness (QED) is 0.133. The van der Waals surface area contributed by atoms with Crippen LogP contribution >= 0.6 is 18.9 Å². The fourth-order valence-corrected chi connectivity index (χ4v) is 7.37. The molecule has 222 valence electrons. The Labute approximate surface area is 232 Å². The second kappa shape index (κ2) is 11.7. The fraction of sp³-hybridized carbons (Fsp3) is 0.320. The molecule has 2 heterocycles. The van der Waals surface area contributed by atoms with Crippen LogP contribution in [-0.2, 0) is 27.9 Å². The lowest BCUT2D eigenvalue weighted by atomic mass is 10.2. The third-order valence-electron chi connectivity index (χ3n) is 5.98. The Hall–Kier alpha value is -3.06. The molecule has 3 rings (SSSR count). The minimum Gasteiger partial charge on any atom is -0.354 e. The molecule has 0 unspecified atom stereocenters. The molecule has 1 N–H and O–H groups in total. The van der Waals surface area contributed by atoms with Crippen LogP contribution in [0, 0.1) is 0 Å². The fourth-order valence-electron chi connectivity index (χ4n) is 3.68. The standard InChI is InChI=1S/C25H21F9N3O2PS/c1-22(2,21(38)35-11-12-41-18-6-4-3-5-17(18)25(32,33)34)40(39,19-9-7-15(13-36-19)23(26,27)28)20-10-8-16(14-37-20)24(29,30)31/h3-10,13-14H,11-12H2,1-2H3,(H,35,38). The number of rotatable bonds is 8. The largest absolute Gasteiger partial charge is 0.417 e. The molecular formula is C25H21F9N3O2PS. The highest BCUT2D eigenvalue weighted by Gasteiger charge is 2.51. The summed E-state index contributed by atoms with van der Waals surface area (Å²) in [5.41, 5.74) is -4.26. The van der Waals surface area contributed by atoms with E-state index in [9.17, 15) is 48.9 Å². The summed E-state index contributed by atoms with van der Waals surface area (Å²) in [5.74, 6) is -0.982. The van der Waals surface area contributed by atoms with Gasteiger partial charge in [-0.2, -0.15) is 39.5 Å². The van der Waals surface area contributed by atoms with Gasteiger partial charge in [0, 0.05) is 29.6 Å². The predicted octanol–water partition coefficient (Wildman–Crippen LogP) is 6.53. The Bertz CT molecular complexity index is 1360. The molecule has 2 aromatic heterocycles. The van der Waals surface area contributed by atoms with E-state index in [1.54, 1.807) is 0 Å². The maximum Gasteiger partial charge on any atom is 0.417 e. The minimum absolute atomic E-state index is 0.0454. The molecule has 0 aliphatic rings. The number of pyridine rings is 2. The summed E-state index contributed by atoms with van der Waals surface area (Å²) in [6.45, 7) is 2.11. The molecule has 0 fully saturated rings. The van der Waals surface area contributed by atoms with Gasteiger partial charge in [-0.25, -0.2) is 0 Å². The molecule has 1 aromatic carbocycles. The van der Waals surface area contributed by atoms with Crippen LogP contribution in [-0.4, -0.2) is 33.3 Å². The first-order valence-corrected chi connectivity index (χ1v) is 14.2. The molecule has 0 spiro atoms. The molecule has 0 radical (unpaired) electrons. The molecule has 41 heavy (non-hydrogen) atoms. The SMILES string of the molecule is CC(C)(C(=O)NCCSc1ccccc1C(F)(F)F)P(=O)(c1ccc(C(F)(F)F)cn1)c1ccc(C(F)(F)F)cn1. The van der Waals surface area contributed by atoms with Gasteiger partial charge in [-0.3, -0.25) is 14.8 Å². The number of aromatic nitrogens is 2. The molecule has 0 saturated heterocycles. The van der Waals surface area contributed by atoms with Crippen LogP contribution in [0.2, 0.25) is 0 Å². The van der Waals surface area contributed by atoms with Gasteiger partial charge >= 0.3 is 18.5 Å². The molecule has 0 saturated carbocycles. The first-order chi connectivity index (χ1) is 18.8. The Morgan fingerprint density at radius 3 is 1.68 bits per heavy atom. The van der Waals surface area contributed by atoms with Crippen LogP contribution in [0.5, 0.6) is 0 Å². The lowest BCUT2D eigenvalue weighted by Crippen LogP contribution is -2.48. The smallest absolute Gasteiger partial charge is 0.354 e. The third-order valence-corrected chi connectivity index (χ3v) is 10.6. The summed E-state index contributed by atoms with van der Waals surface area (Å²) in [5, 5.41) is 0.426. The number of carbonyl (C=O) groups excluding carboxylic acids is 1. The average molecular weight is 629 g/mol. The molecule has 5 nitrogen and oxygen atoms in total.